The zero-order valence-electron chi connectivity index (χ0n) is 7.84. The van der Waals surface area contributed by atoms with Crippen molar-refractivity contribution >= 4 is 40.1 Å². The number of carboxylic acids is 1. The first-order valence-corrected chi connectivity index (χ1v) is 5.66. The predicted molar refractivity (Wildman–Crippen MR) is 57.5 cm³/mol. The van der Waals surface area contributed by atoms with Crippen LogP contribution in [0.4, 0.5) is 0 Å². The highest BCUT2D eigenvalue weighted by atomic mass is 32.2. The molecule has 3 atom stereocenters. The molecule has 0 aliphatic carbocycles. The van der Waals surface area contributed by atoms with Gasteiger partial charge in [-0.3, -0.25) is 4.79 Å². The lowest BCUT2D eigenvalue weighted by molar-refractivity contribution is -0.167. The number of β-lactam (4-membered cyclic amide) rings is 1. The monoisotopic (exact) mass is 247 g/mol. The zero-order chi connectivity index (χ0) is 11.4. The summed E-state index contributed by atoms with van der Waals surface area (Å²) in [4.78, 5) is 23.8. The van der Waals surface area contributed by atoms with E-state index in [1.165, 1.54) is 23.6 Å². The molecule has 2 aliphatic rings. The standard InChI is InChI=1S/C8H9NO4S2/c1-3(10)8(6(12)13)7(14)15-5-2-4(11)9(5)8/h3,5,10H,2H2,1H3,(H,12,13)/t3-,5-,8?/m1/s1. The Bertz CT molecular complexity index is 370. The first-order valence-electron chi connectivity index (χ1n) is 4.37. The number of carboxylic acid groups (broad SMARTS) is 1. The van der Waals surface area contributed by atoms with E-state index in [0.29, 0.717) is 6.42 Å². The van der Waals surface area contributed by atoms with Gasteiger partial charge in [0.1, 0.15) is 0 Å². The minimum absolute atomic E-state index is 0.167. The van der Waals surface area contributed by atoms with Gasteiger partial charge in [0.2, 0.25) is 11.4 Å². The van der Waals surface area contributed by atoms with E-state index < -0.39 is 17.6 Å². The first kappa shape index (κ1) is 10.8. The minimum atomic E-state index is -1.71. The fourth-order valence-corrected chi connectivity index (χ4v) is 4.05. The van der Waals surface area contributed by atoms with Gasteiger partial charge >= 0.3 is 5.97 Å². The van der Waals surface area contributed by atoms with Crippen molar-refractivity contribution in [1.82, 2.24) is 4.90 Å². The number of hydrogen-bond donors (Lipinski definition) is 2. The molecular weight excluding hydrogens is 238 g/mol. The van der Waals surface area contributed by atoms with Crippen molar-refractivity contribution in [3.05, 3.63) is 0 Å². The number of amides is 1. The van der Waals surface area contributed by atoms with Gasteiger partial charge in [0.05, 0.1) is 22.1 Å². The number of aliphatic hydroxyl groups is 1. The number of thiocarbonyl (C=S) groups is 1. The van der Waals surface area contributed by atoms with Crippen LogP contribution in [0.25, 0.3) is 0 Å². The molecule has 2 saturated heterocycles. The van der Waals surface area contributed by atoms with Crippen LogP contribution in [-0.2, 0) is 9.59 Å². The number of hydrogen-bond acceptors (Lipinski definition) is 5. The molecule has 82 valence electrons. The highest BCUT2D eigenvalue weighted by molar-refractivity contribution is 8.24. The van der Waals surface area contributed by atoms with Gasteiger partial charge in [-0.2, -0.15) is 0 Å². The Balaban J connectivity index is 2.50. The number of aliphatic carboxylic acids is 1. The Hall–Kier alpha value is -0.660. The zero-order valence-corrected chi connectivity index (χ0v) is 9.47. The molecule has 0 radical (unpaired) electrons. The number of nitrogens with zero attached hydrogens (tertiary/aromatic N) is 1. The van der Waals surface area contributed by atoms with Crippen molar-refractivity contribution in [2.24, 2.45) is 0 Å². The Morgan fingerprint density at radius 2 is 2.40 bits per heavy atom. The van der Waals surface area contributed by atoms with Gasteiger partial charge in [-0.05, 0) is 6.92 Å². The minimum Gasteiger partial charge on any atom is -0.479 e. The van der Waals surface area contributed by atoms with Gasteiger partial charge in [0, 0.05) is 0 Å². The van der Waals surface area contributed by atoms with Crippen LogP contribution in [0.1, 0.15) is 13.3 Å². The van der Waals surface area contributed by atoms with Gasteiger partial charge in [0.25, 0.3) is 0 Å². The topological polar surface area (TPSA) is 77.8 Å². The molecule has 0 aromatic heterocycles. The molecule has 0 saturated carbocycles. The van der Waals surface area contributed by atoms with E-state index in [2.05, 4.69) is 0 Å². The second-order valence-corrected chi connectivity index (χ2v) is 5.43. The summed E-state index contributed by atoms with van der Waals surface area (Å²) in [5, 5.41) is 18.6. The number of thioether (sulfide) groups is 1. The van der Waals surface area contributed by atoms with Crippen LogP contribution >= 0.6 is 24.0 Å². The van der Waals surface area contributed by atoms with Crippen molar-refractivity contribution in [1.29, 1.82) is 0 Å². The third kappa shape index (κ3) is 1.11. The summed E-state index contributed by atoms with van der Waals surface area (Å²) in [7, 11) is 0. The smallest absolute Gasteiger partial charge is 0.338 e. The predicted octanol–water partition coefficient (Wildman–Crippen LogP) is -0.177. The second-order valence-electron chi connectivity index (χ2n) is 3.58. The molecule has 0 aromatic carbocycles. The third-order valence-corrected chi connectivity index (χ3v) is 4.55. The number of rotatable bonds is 2. The van der Waals surface area contributed by atoms with Crippen LogP contribution in [-0.4, -0.2) is 48.2 Å². The van der Waals surface area contributed by atoms with Crippen molar-refractivity contribution in [3.63, 3.8) is 0 Å². The highest BCUT2D eigenvalue weighted by Gasteiger charge is 2.66. The summed E-state index contributed by atoms with van der Waals surface area (Å²) in [6.45, 7) is 1.34. The third-order valence-electron chi connectivity index (χ3n) is 2.77. The summed E-state index contributed by atoms with van der Waals surface area (Å²) in [5.41, 5.74) is -1.71. The van der Waals surface area contributed by atoms with Crippen molar-refractivity contribution in [2.75, 3.05) is 0 Å². The van der Waals surface area contributed by atoms with E-state index in [1.54, 1.807) is 0 Å². The summed E-state index contributed by atoms with van der Waals surface area (Å²) >= 11 is 6.16. The fraction of sp³-hybridized carbons (Fsp3) is 0.625. The maximum atomic E-state index is 11.4. The molecule has 1 unspecified atom stereocenters. The van der Waals surface area contributed by atoms with Crippen molar-refractivity contribution in [3.8, 4) is 0 Å². The molecule has 0 aromatic rings. The molecule has 2 rings (SSSR count). The highest BCUT2D eigenvalue weighted by Crippen LogP contribution is 2.48. The van der Waals surface area contributed by atoms with Gasteiger partial charge in [-0.15, -0.1) is 0 Å². The van der Waals surface area contributed by atoms with Crippen LogP contribution in [0, 0.1) is 0 Å². The maximum absolute atomic E-state index is 11.4. The maximum Gasteiger partial charge on any atom is 0.338 e. The summed E-state index contributed by atoms with van der Waals surface area (Å²) in [6.07, 6.45) is -0.906. The van der Waals surface area contributed by atoms with Crippen LogP contribution in [0.15, 0.2) is 0 Å². The number of fused-ring (bicyclic) bond motifs is 1. The average Bonchev–Trinajstić information content (AvgIpc) is 2.34. The average molecular weight is 247 g/mol. The Morgan fingerprint density at radius 1 is 1.80 bits per heavy atom. The lowest BCUT2D eigenvalue weighted by Crippen LogP contribution is -2.68. The van der Waals surface area contributed by atoms with E-state index >= 15 is 0 Å². The normalized spacial score (nSPS) is 36.1. The van der Waals surface area contributed by atoms with E-state index in [0.717, 1.165) is 0 Å². The van der Waals surface area contributed by atoms with Gasteiger partial charge in [0.15, 0.2) is 0 Å². The molecule has 2 heterocycles. The molecule has 7 heteroatoms. The van der Waals surface area contributed by atoms with E-state index in [4.69, 9.17) is 12.2 Å². The fourth-order valence-electron chi connectivity index (χ4n) is 1.96. The molecule has 5 nitrogen and oxygen atoms in total. The van der Waals surface area contributed by atoms with Crippen LogP contribution in [0.2, 0.25) is 0 Å². The quantitative estimate of drug-likeness (QED) is 0.521. The van der Waals surface area contributed by atoms with Crippen LogP contribution < -0.4 is 0 Å². The van der Waals surface area contributed by atoms with Crippen molar-refractivity contribution < 1.29 is 19.8 Å². The van der Waals surface area contributed by atoms with Crippen LogP contribution in [0.3, 0.4) is 0 Å². The molecule has 0 spiro atoms. The first-order chi connectivity index (χ1) is 6.92. The summed E-state index contributed by atoms with van der Waals surface area (Å²) < 4.78 is 0.167. The van der Waals surface area contributed by atoms with E-state index in [-0.39, 0.29) is 15.5 Å². The molecule has 2 aliphatic heterocycles. The molecule has 2 N–H and O–H groups in total. The molecule has 2 fully saturated rings. The largest absolute Gasteiger partial charge is 0.479 e. The van der Waals surface area contributed by atoms with Gasteiger partial charge in [-0.25, -0.2) is 4.79 Å². The second kappa shape index (κ2) is 3.16. The Morgan fingerprint density at radius 3 is 2.73 bits per heavy atom. The Labute approximate surface area is 95.4 Å². The van der Waals surface area contributed by atoms with E-state index in [9.17, 15) is 19.8 Å². The molecule has 15 heavy (non-hydrogen) atoms. The lowest BCUT2D eigenvalue weighted by atomic mass is 9.90. The molecule has 1 amide bonds. The van der Waals surface area contributed by atoms with Crippen molar-refractivity contribution in [2.45, 2.75) is 30.4 Å². The summed E-state index contributed by atoms with van der Waals surface area (Å²) in [5.74, 6) is -1.53. The van der Waals surface area contributed by atoms with E-state index in [1.807, 2.05) is 0 Å². The SMILES string of the molecule is C[C@@H](O)C1(C(=O)O)C(=S)S[C@@H]2CC(=O)N21. The van der Waals surface area contributed by atoms with Gasteiger partial charge in [-0.1, -0.05) is 24.0 Å². The van der Waals surface area contributed by atoms with Crippen LogP contribution in [0.5, 0.6) is 0 Å². The Kier molecular flexibility index (Phi) is 2.29. The molecule has 0 bridgehead atoms. The summed E-state index contributed by atoms with van der Waals surface area (Å²) in [6, 6.07) is 0. The number of carbonyl (C=O) groups excluding carboxylic acids is 1. The number of aliphatic hydroxyl groups excluding tert-OH is 1. The molecular formula is C8H9NO4S2. The lowest BCUT2D eigenvalue weighted by Gasteiger charge is -2.43. The van der Waals surface area contributed by atoms with Gasteiger partial charge < -0.3 is 15.1 Å². The number of carbonyl (C=O) groups is 2.